The fraction of sp³-hybridized carbons (Fsp3) is 0.500. The number of esters is 1. The van der Waals surface area contributed by atoms with Gasteiger partial charge in [-0.2, -0.15) is 4.68 Å². The first-order valence-corrected chi connectivity index (χ1v) is 9.92. The first-order valence-electron chi connectivity index (χ1n) is 9.10. The van der Waals surface area contributed by atoms with Crippen molar-refractivity contribution in [1.82, 2.24) is 9.78 Å². The minimum Gasteiger partial charge on any atom is -0.462 e. The van der Waals surface area contributed by atoms with Crippen molar-refractivity contribution in [2.24, 2.45) is 5.92 Å². The van der Waals surface area contributed by atoms with E-state index < -0.39 is 16.8 Å². The van der Waals surface area contributed by atoms with E-state index >= 15 is 0 Å². The molecule has 0 spiro atoms. The van der Waals surface area contributed by atoms with E-state index in [1.54, 1.807) is 13.8 Å². The van der Waals surface area contributed by atoms with Gasteiger partial charge in [-0.15, -0.1) is 11.3 Å². The number of nitrogens with zero attached hydrogens (tertiary/aromatic N) is 3. The van der Waals surface area contributed by atoms with Crippen molar-refractivity contribution in [1.29, 1.82) is 0 Å². The van der Waals surface area contributed by atoms with Crippen LogP contribution in [0.3, 0.4) is 0 Å². The van der Waals surface area contributed by atoms with Gasteiger partial charge in [0.1, 0.15) is 11.5 Å². The molecule has 1 amide bonds. The number of carbonyl (C=O) groups is 2. The molecule has 0 aliphatic heterocycles. The Balaban J connectivity index is 1.84. The minimum absolute atomic E-state index is 0.180. The van der Waals surface area contributed by atoms with Crippen LogP contribution in [0.25, 0.3) is 0 Å². The highest BCUT2D eigenvalue weighted by Crippen LogP contribution is 2.40. The molecule has 2 heterocycles. The number of aryl methyl sites for hydroxylation is 1. The Labute approximate surface area is 165 Å². The summed E-state index contributed by atoms with van der Waals surface area (Å²) in [7, 11) is 0. The lowest BCUT2D eigenvalue weighted by atomic mass is 9.88. The van der Waals surface area contributed by atoms with E-state index in [2.05, 4.69) is 17.3 Å². The molecule has 0 bridgehead atoms. The number of rotatable bonds is 6. The second kappa shape index (κ2) is 8.09. The van der Waals surface area contributed by atoms with Crippen LogP contribution in [0.5, 0.6) is 0 Å². The maximum absolute atomic E-state index is 12.5. The molecule has 1 N–H and O–H groups in total. The standard InChI is InChI=1S/C18H22N4O5S/c1-4-27-18(24)16-12-6-5-10(2)7-13(12)28-17(16)19-15(23)9-21-11(3)8-14(20-21)22(25)26/h8,10H,4-7,9H2,1-3H3,(H,19,23). The highest BCUT2D eigenvalue weighted by Gasteiger charge is 2.29. The lowest BCUT2D eigenvalue weighted by Gasteiger charge is -2.18. The molecule has 1 aliphatic rings. The van der Waals surface area contributed by atoms with Crippen LogP contribution < -0.4 is 5.32 Å². The van der Waals surface area contributed by atoms with Gasteiger partial charge >= 0.3 is 11.8 Å². The predicted octanol–water partition coefficient (Wildman–Crippen LogP) is 3.10. The second-order valence-corrected chi connectivity index (χ2v) is 7.99. The van der Waals surface area contributed by atoms with Gasteiger partial charge in [0.2, 0.25) is 5.91 Å². The third kappa shape index (κ3) is 4.06. The minimum atomic E-state index is -0.602. The van der Waals surface area contributed by atoms with E-state index in [1.165, 1.54) is 22.1 Å². The van der Waals surface area contributed by atoms with Gasteiger partial charge < -0.3 is 20.2 Å². The lowest BCUT2D eigenvalue weighted by molar-refractivity contribution is -0.389. The van der Waals surface area contributed by atoms with Gasteiger partial charge in [-0.25, -0.2) is 4.79 Å². The molecule has 1 aliphatic carbocycles. The monoisotopic (exact) mass is 406 g/mol. The average Bonchev–Trinajstić information content (AvgIpc) is 3.15. The molecular weight excluding hydrogens is 384 g/mol. The maximum atomic E-state index is 12.5. The van der Waals surface area contributed by atoms with Gasteiger partial charge in [-0.1, -0.05) is 6.92 Å². The fourth-order valence-corrected chi connectivity index (χ4v) is 4.72. The van der Waals surface area contributed by atoms with E-state index in [-0.39, 0.29) is 19.0 Å². The normalized spacial score (nSPS) is 15.8. The molecule has 0 saturated carbocycles. The van der Waals surface area contributed by atoms with Crippen LogP contribution in [-0.4, -0.2) is 33.2 Å². The molecule has 3 rings (SSSR count). The molecular formula is C18H22N4O5S. The summed E-state index contributed by atoms with van der Waals surface area (Å²) >= 11 is 1.40. The van der Waals surface area contributed by atoms with E-state index in [1.807, 2.05) is 0 Å². The molecule has 0 aromatic carbocycles. The molecule has 1 atom stereocenters. The van der Waals surface area contributed by atoms with Crippen molar-refractivity contribution in [2.75, 3.05) is 11.9 Å². The summed E-state index contributed by atoms with van der Waals surface area (Å²) < 4.78 is 6.46. The number of thiophene rings is 1. The Morgan fingerprint density at radius 3 is 2.89 bits per heavy atom. The second-order valence-electron chi connectivity index (χ2n) is 6.88. The van der Waals surface area contributed by atoms with Crippen molar-refractivity contribution in [3.63, 3.8) is 0 Å². The number of carbonyl (C=O) groups excluding carboxylic acids is 2. The fourth-order valence-electron chi connectivity index (χ4n) is 3.30. The molecule has 0 fully saturated rings. The summed E-state index contributed by atoms with van der Waals surface area (Å²) in [6.07, 6.45) is 2.63. The molecule has 150 valence electrons. The predicted molar refractivity (Wildman–Crippen MR) is 104 cm³/mol. The Morgan fingerprint density at radius 1 is 1.50 bits per heavy atom. The number of aromatic nitrogens is 2. The highest BCUT2D eigenvalue weighted by atomic mass is 32.1. The summed E-state index contributed by atoms with van der Waals surface area (Å²) in [6, 6.07) is 1.31. The van der Waals surface area contributed by atoms with Gasteiger partial charge in [0.25, 0.3) is 0 Å². The summed E-state index contributed by atoms with van der Waals surface area (Å²) in [6.45, 7) is 5.62. The third-order valence-corrected chi connectivity index (χ3v) is 5.86. The SMILES string of the molecule is CCOC(=O)c1c(NC(=O)Cn2nc([N+](=O)[O-])cc2C)sc2c1CCC(C)C2. The number of amides is 1. The number of anilines is 1. The number of fused-ring (bicyclic) bond motifs is 1. The van der Waals surface area contributed by atoms with Crippen LogP contribution in [-0.2, 0) is 28.9 Å². The van der Waals surface area contributed by atoms with E-state index in [4.69, 9.17) is 4.74 Å². The molecule has 10 heteroatoms. The van der Waals surface area contributed by atoms with Crippen molar-refractivity contribution in [2.45, 2.75) is 46.6 Å². The van der Waals surface area contributed by atoms with Crippen molar-refractivity contribution < 1.29 is 19.2 Å². The molecule has 2 aromatic rings. The van der Waals surface area contributed by atoms with Crippen molar-refractivity contribution in [3.8, 4) is 0 Å². The van der Waals surface area contributed by atoms with Gasteiger partial charge in [-0.3, -0.25) is 4.79 Å². The smallest absolute Gasteiger partial charge is 0.390 e. The molecule has 2 aromatic heterocycles. The molecule has 28 heavy (non-hydrogen) atoms. The zero-order valence-corrected chi connectivity index (χ0v) is 16.8. The number of nitrogens with one attached hydrogen (secondary N) is 1. The Morgan fingerprint density at radius 2 is 2.25 bits per heavy atom. The molecule has 1 unspecified atom stereocenters. The van der Waals surface area contributed by atoms with Crippen LogP contribution >= 0.6 is 11.3 Å². The number of hydrogen-bond donors (Lipinski definition) is 1. The van der Waals surface area contributed by atoms with Crippen LogP contribution in [0, 0.1) is 23.0 Å². The van der Waals surface area contributed by atoms with Crippen LogP contribution in [0.2, 0.25) is 0 Å². The zero-order chi connectivity index (χ0) is 20.4. The molecule has 9 nitrogen and oxygen atoms in total. The summed E-state index contributed by atoms with van der Waals surface area (Å²) in [5, 5.41) is 17.9. The number of hydrogen-bond acceptors (Lipinski definition) is 7. The highest BCUT2D eigenvalue weighted by molar-refractivity contribution is 7.17. The lowest BCUT2D eigenvalue weighted by Crippen LogP contribution is -2.21. The van der Waals surface area contributed by atoms with Crippen LogP contribution in [0.15, 0.2) is 6.07 Å². The van der Waals surface area contributed by atoms with Gasteiger partial charge in [0, 0.05) is 4.88 Å². The van der Waals surface area contributed by atoms with Crippen molar-refractivity contribution >= 4 is 34.0 Å². The average molecular weight is 406 g/mol. The van der Waals surface area contributed by atoms with E-state index in [0.717, 1.165) is 29.7 Å². The molecule has 0 saturated heterocycles. The zero-order valence-electron chi connectivity index (χ0n) is 16.0. The quantitative estimate of drug-likeness (QED) is 0.448. The summed E-state index contributed by atoms with van der Waals surface area (Å²) in [5.74, 6) is -0.621. The van der Waals surface area contributed by atoms with Crippen LogP contribution in [0.1, 0.15) is 46.8 Å². The van der Waals surface area contributed by atoms with Gasteiger partial charge in [-0.05, 0) is 49.5 Å². The van der Waals surface area contributed by atoms with E-state index in [9.17, 15) is 19.7 Å². The number of nitro groups is 1. The number of ether oxygens (including phenoxy) is 1. The Kier molecular flexibility index (Phi) is 5.78. The first-order chi connectivity index (χ1) is 13.3. The first kappa shape index (κ1) is 20.0. The van der Waals surface area contributed by atoms with Crippen molar-refractivity contribution in [3.05, 3.63) is 37.9 Å². The summed E-state index contributed by atoms with van der Waals surface area (Å²) in [5.41, 5.74) is 1.90. The van der Waals surface area contributed by atoms with Crippen LogP contribution in [0.4, 0.5) is 10.8 Å². The topological polar surface area (TPSA) is 116 Å². The van der Waals surface area contributed by atoms with Gasteiger partial charge in [0.15, 0.2) is 0 Å². The van der Waals surface area contributed by atoms with Gasteiger partial charge in [0.05, 0.1) is 29.0 Å². The Hall–Kier alpha value is -2.75. The third-order valence-electron chi connectivity index (χ3n) is 4.69. The largest absolute Gasteiger partial charge is 0.462 e. The summed E-state index contributed by atoms with van der Waals surface area (Å²) in [4.78, 5) is 36.4. The molecule has 0 radical (unpaired) electrons. The maximum Gasteiger partial charge on any atom is 0.390 e. The van der Waals surface area contributed by atoms with E-state index in [0.29, 0.717) is 22.2 Å². The Bertz CT molecular complexity index is 933.